The molecule has 2 N–H and O–H groups in total. The lowest BCUT2D eigenvalue weighted by atomic mass is 10.2. The number of nitrogens with one attached hydrogen (secondary N) is 1. The van der Waals surface area contributed by atoms with Gasteiger partial charge in [-0.3, -0.25) is 0 Å². The van der Waals surface area contributed by atoms with E-state index in [1.165, 1.54) is 11.3 Å². The minimum absolute atomic E-state index is 0.311. The number of benzene rings is 1. The Balaban J connectivity index is 2.01. The van der Waals surface area contributed by atoms with E-state index in [-0.39, 0.29) is 0 Å². The Morgan fingerprint density at radius 3 is 2.75 bits per heavy atom. The molecule has 2 heterocycles. The van der Waals surface area contributed by atoms with E-state index < -0.39 is 5.97 Å². The highest BCUT2D eigenvalue weighted by Gasteiger charge is 2.15. The molecule has 1 aromatic carbocycles. The molecule has 0 amide bonds. The molecule has 0 unspecified atom stereocenters. The van der Waals surface area contributed by atoms with Gasteiger partial charge in [0.1, 0.15) is 9.71 Å². The summed E-state index contributed by atoms with van der Waals surface area (Å²) in [5.41, 5.74) is 1.60. The van der Waals surface area contributed by atoms with E-state index in [0.717, 1.165) is 11.1 Å². The van der Waals surface area contributed by atoms with Crippen LogP contribution >= 0.6 is 11.3 Å². The molecule has 0 spiro atoms. The van der Waals surface area contributed by atoms with Crippen LogP contribution in [0.5, 0.6) is 0 Å². The number of aromatic nitrogens is 2. The quantitative estimate of drug-likeness (QED) is 0.771. The summed E-state index contributed by atoms with van der Waals surface area (Å²) < 4.78 is 0. The molecule has 2 aromatic heterocycles. The second-order valence-corrected chi connectivity index (χ2v) is 5.26. The number of rotatable bonds is 3. The van der Waals surface area contributed by atoms with Crippen LogP contribution in [0.25, 0.3) is 10.2 Å². The van der Waals surface area contributed by atoms with Gasteiger partial charge < -0.3 is 10.4 Å². The number of hydrogen-bond donors (Lipinski definition) is 2. The Bertz CT molecular complexity index is 784. The average molecular weight is 285 g/mol. The third kappa shape index (κ3) is 2.21. The lowest BCUT2D eigenvalue weighted by Gasteiger charge is -2.03. The summed E-state index contributed by atoms with van der Waals surface area (Å²) in [4.78, 5) is 20.7. The molecule has 0 saturated carbocycles. The molecule has 0 radical (unpaired) electrons. The molecule has 0 aliphatic rings. The summed E-state index contributed by atoms with van der Waals surface area (Å²) in [6.07, 6.45) is 1.66. The highest BCUT2D eigenvalue weighted by atomic mass is 32.1. The normalized spacial score (nSPS) is 10.7. The predicted molar refractivity (Wildman–Crippen MR) is 78.8 cm³/mol. The zero-order valence-corrected chi connectivity index (χ0v) is 11.4. The SMILES string of the molecule is Cc1c(C(=O)O)sc2nc(Nc3ccccc3)ncc12. The Kier molecular flexibility index (Phi) is 3.08. The Morgan fingerprint density at radius 2 is 2.05 bits per heavy atom. The molecule has 0 atom stereocenters. The summed E-state index contributed by atoms with van der Waals surface area (Å²) in [5, 5.41) is 13.0. The van der Waals surface area contributed by atoms with Crippen LogP contribution in [0.1, 0.15) is 15.2 Å². The van der Waals surface area contributed by atoms with E-state index in [1.807, 2.05) is 30.3 Å². The van der Waals surface area contributed by atoms with Gasteiger partial charge in [0.05, 0.1) is 0 Å². The second kappa shape index (κ2) is 4.90. The van der Waals surface area contributed by atoms with Gasteiger partial charge in [0.2, 0.25) is 5.95 Å². The standard InChI is InChI=1S/C14H11N3O2S/c1-8-10-7-15-14(16-9-5-3-2-4-6-9)17-12(10)20-11(8)13(18)19/h2-7H,1H3,(H,18,19)(H,15,16,17). The average Bonchev–Trinajstić information content (AvgIpc) is 2.77. The number of anilines is 2. The summed E-state index contributed by atoms with van der Waals surface area (Å²) in [6, 6.07) is 9.58. The maximum atomic E-state index is 11.1. The molecule has 6 heteroatoms. The lowest BCUT2D eigenvalue weighted by molar-refractivity contribution is 0.0701. The first-order valence-electron chi connectivity index (χ1n) is 5.96. The molecule has 0 fully saturated rings. The zero-order valence-electron chi connectivity index (χ0n) is 10.6. The van der Waals surface area contributed by atoms with Crippen molar-refractivity contribution >= 4 is 39.2 Å². The number of fused-ring (bicyclic) bond motifs is 1. The number of carbonyl (C=O) groups is 1. The Hall–Kier alpha value is -2.47. The number of aryl methyl sites for hydroxylation is 1. The van der Waals surface area contributed by atoms with Gasteiger partial charge in [0.25, 0.3) is 0 Å². The summed E-state index contributed by atoms with van der Waals surface area (Å²) >= 11 is 1.17. The molecule has 0 aliphatic carbocycles. The first kappa shape index (κ1) is 12.6. The maximum Gasteiger partial charge on any atom is 0.346 e. The largest absolute Gasteiger partial charge is 0.477 e. The predicted octanol–water partition coefficient (Wildman–Crippen LogP) is 3.44. The molecule has 100 valence electrons. The highest BCUT2D eigenvalue weighted by Crippen LogP contribution is 2.29. The van der Waals surface area contributed by atoms with Crippen LogP contribution in [0.15, 0.2) is 36.5 Å². The van der Waals surface area contributed by atoms with Gasteiger partial charge in [0, 0.05) is 17.3 Å². The molecule has 5 nitrogen and oxygen atoms in total. The Morgan fingerprint density at radius 1 is 1.30 bits per heavy atom. The van der Waals surface area contributed by atoms with E-state index in [1.54, 1.807) is 13.1 Å². The number of carboxylic acids is 1. The number of nitrogens with zero attached hydrogens (tertiary/aromatic N) is 2. The molecular weight excluding hydrogens is 274 g/mol. The zero-order chi connectivity index (χ0) is 14.1. The van der Waals surface area contributed by atoms with Gasteiger partial charge in [0.15, 0.2) is 0 Å². The van der Waals surface area contributed by atoms with E-state index >= 15 is 0 Å². The van der Waals surface area contributed by atoms with Gasteiger partial charge in [-0.05, 0) is 24.6 Å². The van der Waals surface area contributed by atoms with Gasteiger partial charge in [-0.15, -0.1) is 11.3 Å². The third-order valence-corrected chi connectivity index (χ3v) is 4.11. The molecule has 3 rings (SSSR count). The van der Waals surface area contributed by atoms with E-state index in [4.69, 9.17) is 5.11 Å². The van der Waals surface area contributed by atoms with Crippen molar-refractivity contribution < 1.29 is 9.90 Å². The van der Waals surface area contributed by atoms with Gasteiger partial charge in [-0.2, -0.15) is 0 Å². The van der Waals surface area contributed by atoms with Crippen molar-refractivity contribution in [3.05, 3.63) is 47.0 Å². The fraction of sp³-hybridized carbons (Fsp3) is 0.0714. The number of para-hydroxylation sites is 1. The minimum atomic E-state index is -0.928. The topological polar surface area (TPSA) is 75.1 Å². The smallest absolute Gasteiger partial charge is 0.346 e. The first-order chi connectivity index (χ1) is 9.65. The van der Waals surface area contributed by atoms with Crippen molar-refractivity contribution in [2.24, 2.45) is 0 Å². The van der Waals surface area contributed by atoms with Gasteiger partial charge in [-0.25, -0.2) is 14.8 Å². The van der Waals surface area contributed by atoms with E-state index in [2.05, 4.69) is 15.3 Å². The summed E-state index contributed by atoms with van der Waals surface area (Å²) in [5.74, 6) is -0.468. The number of hydrogen-bond acceptors (Lipinski definition) is 5. The minimum Gasteiger partial charge on any atom is -0.477 e. The first-order valence-corrected chi connectivity index (χ1v) is 6.78. The second-order valence-electron chi connectivity index (χ2n) is 4.26. The number of thiophene rings is 1. The van der Waals surface area contributed by atoms with Crippen LogP contribution in [-0.4, -0.2) is 21.0 Å². The summed E-state index contributed by atoms with van der Waals surface area (Å²) in [6.45, 7) is 1.77. The third-order valence-electron chi connectivity index (χ3n) is 2.92. The maximum absolute atomic E-state index is 11.1. The molecule has 0 bridgehead atoms. The lowest BCUT2D eigenvalue weighted by Crippen LogP contribution is -1.96. The van der Waals surface area contributed by atoms with Crippen LogP contribution in [-0.2, 0) is 0 Å². The van der Waals surface area contributed by atoms with Crippen molar-refractivity contribution in [1.82, 2.24) is 9.97 Å². The molecule has 20 heavy (non-hydrogen) atoms. The van der Waals surface area contributed by atoms with Crippen LogP contribution in [0.2, 0.25) is 0 Å². The van der Waals surface area contributed by atoms with Crippen molar-refractivity contribution in [3.63, 3.8) is 0 Å². The molecule has 0 aliphatic heterocycles. The van der Waals surface area contributed by atoms with Crippen molar-refractivity contribution in [2.75, 3.05) is 5.32 Å². The fourth-order valence-corrected chi connectivity index (χ4v) is 2.90. The molecule has 0 saturated heterocycles. The number of carboxylic acid groups (broad SMARTS) is 1. The number of aromatic carboxylic acids is 1. The molecular formula is C14H11N3O2S. The van der Waals surface area contributed by atoms with Crippen LogP contribution < -0.4 is 5.32 Å². The Labute approximate surface area is 118 Å². The van der Waals surface area contributed by atoms with Gasteiger partial charge >= 0.3 is 5.97 Å². The van der Waals surface area contributed by atoms with Crippen LogP contribution in [0, 0.1) is 6.92 Å². The summed E-state index contributed by atoms with van der Waals surface area (Å²) in [7, 11) is 0. The van der Waals surface area contributed by atoms with Crippen LogP contribution in [0.4, 0.5) is 11.6 Å². The monoisotopic (exact) mass is 285 g/mol. The fourth-order valence-electron chi connectivity index (χ4n) is 1.91. The van der Waals surface area contributed by atoms with Gasteiger partial charge in [-0.1, -0.05) is 18.2 Å². The van der Waals surface area contributed by atoms with Crippen molar-refractivity contribution in [3.8, 4) is 0 Å². The van der Waals surface area contributed by atoms with Crippen molar-refractivity contribution in [1.29, 1.82) is 0 Å². The van der Waals surface area contributed by atoms with E-state index in [0.29, 0.717) is 21.2 Å². The molecule has 3 aromatic rings. The van der Waals surface area contributed by atoms with E-state index in [9.17, 15) is 4.79 Å². The van der Waals surface area contributed by atoms with Crippen LogP contribution in [0.3, 0.4) is 0 Å². The highest BCUT2D eigenvalue weighted by molar-refractivity contribution is 7.20. The van der Waals surface area contributed by atoms with Crippen molar-refractivity contribution in [2.45, 2.75) is 6.92 Å².